The van der Waals surface area contributed by atoms with E-state index >= 15 is 0 Å². The number of aliphatic hydroxyl groups excluding tert-OH is 1. The SMILES string of the molecule is C[C@@H](O)c1ccccc1OC1CCOC2(CCCC2)C1. The molecule has 2 atom stereocenters. The highest BCUT2D eigenvalue weighted by molar-refractivity contribution is 5.35. The van der Waals surface area contributed by atoms with E-state index in [0.717, 1.165) is 30.8 Å². The highest BCUT2D eigenvalue weighted by atomic mass is 16.5. The lowest BCUT2D eigenvalue weighted by molar-refractivity contribution is -0.108. The largest absolute Gasteiger partial charge is 0.490 e. The smallest absolute Gasteiger partial charge is 0.125 e. The molecule has 0 amide bonds. The summed E-state index contributed by atoms with van der Waals surface area (Å²) in [6, 6.07) is 7.80. The molecule has 1 aliphatic heterocycles. The van der Waals surface area contributed by atoms with E-state index in [1.54, 1.807) is 6.92 Å². The molecule has 3 heteroatoms. The lowest BCUT2D eigenvalue weighted by Gasteiger charge is -2.38. The van der Waals surface area contributed by atoms with Gasteiger partial charge in [-0.15, -0.1) is 0 Å². The van der Waals surface area contributed by atoms with Crippen LogP contribution in [0.15, 0.2) is 24.3 Å². The molecule has 0 aromatic heterocycles. The van der Waals surface area contributed by atoms with Gasteiger partial charge < -0.3 is 14.6 Å². The van der Waals surface area contributed by atoms with E-state index in [-0.39, 0.29) is 11.7 Å². The molecule has 1 saturated carbocycles. The third kappa shape index (κ3) is 2.84. The topological polar surface area (TPSA) is 38.7 Å². The molecule has 2 fully saturated rings. The number of aliphatic hydroxyl groups is 1. The van der Waals surface area contributed by atoms with Crippen LogP contribution in [-0.2, 0) is 4.74 Å². The van der Waals surface area contributed by atoms with Crippen molar-refractivity contribution in [3.8, 4) is 5.75 Å². The summed E-state index contributed by atoms with van der Waals surface area (Å²) in [4.78, 5) is 0. The quantitative estimate of drug-likeness (QED) is 0.916. The predicted octanol–water partition coefficient (Wildman–Crippen LogP) is 3.61. The van der Waals surface area contributed by atoms with Crippen LogP contribution in [0.1, 0.15) is 57.1 Å². The molecule has 0 bridgehead atoms. The average Bonchev–Trinajstić information content (AvgIpc) is 2.87. The van der Waals surface area contributed by atoms with E-state index in [4.69, 9.17) is 9.47 Å². The number of ether oxygens (including phenoxy) is 2. The maximum atomic E-state index is 9.83. The zero-order chi connectivity index (χ0) is 14.0. The van der Waals surface area contributed by atoms with Gasteiger partial charge in [-0.3, -0.25) is 0 Å². The second-order valence-corrected chi connectivity index (χ2v) is 6.19. The van der Waals surface area contributed by atoms with Gasteiger partial charge in [0.1, 0.15) is 11.9 Å². The summed E-state index contributed by atoms with van der Waals surface area (Å²) < 4.78 is 12.2. The maximum Gasteiger partial charge on any atom is 0.125 e. The third-order valence-corrected chi connectivity index (χ3v) is 4.63. The molecule has 1 saturated heterocycles. The Bertz CT molecular complexity index is 449. The van der Waals surface area contributed by atoms with Crippen LogP contribution in [0.3, 0.4) is 0 Å². The first kappa shape index (κ1) is 13.9. The summed E-state index contributed by atoms with van der Waals surface area (Å²) in [5, 5.41) is 9.83. The molecule has 3 nitrogen and oxygen atoms in total. The van der Waals surface area contributed by atoms with Crippen molar-refractivity contribution in [1.29, 1.82) is 0 Å². The van der Waals surface area contributed by atoms with Gasteiger partial charge in [0.25, 0.3) is 0 Å². The Labute approximate surface area is 120 Å². The summed E-state index contributed by atoms with van der Waals surface area (Å²) in [6.07, 6.45) is 6.54. The van der Waals surface area contributed by atoms with Gasteiger partial charge in [-0.25, -0.2) is 0 Å². The summed E-state index contributed by atoms with van der Waals surface area (Å²) in [5.74, 6) is 0.822. The van der Waals surface area contributed by atoms with E-state index in [9.17, 15) is 5.11 Å². The van der Waals surface area contributed by atoms with Crippen molar-refractivity contribution < 1.29 is 14.6 Å². The molecule has 0 radical (unpaired) electrons. The Morgan fingerprint density at radius 2 is 2.05 bits per heavy atom. The molecule has 3 rings (SSSR count). The van der Waals surface area contributed by atoms with Crippen LogP contribution in [-0.4, -0.2) is 23.4 Å². The maximum absolute atomic E-state index is 9.83. The number of para-hydroxylation sites is 1. The van der Waals surface area contributed by atoms with Gasteiger partial charge in [-0.05, 0) is 25.8 Å². The molecular formula is C17H24O3. The zero-order valence-corrected chi connectivity index (χ0v) is 12.2. The predicted molar refractivity (Wildman–Crippen MR) is 77.9 cm³/mol. The van der Waals surface area contributed by atoms with Crippen molar-refractivity contribution in [2.45, 2.75) is 63.3 Å². The minimum Gasteiger partial charge on any atom is -0.490 e. The Balaban J connectivity index is 1.71. The molecule has 1 N–H and O–H groups in total. The highest BCUT2D eigenvalue weighted by Gasteiger charge is 2.40. The van der Waals surface area contributed by atoms with Gasteiger partial charge in [-0.1, -0.05) is 31.0 Å². The Morgan fingerprint density at radius 3 is 2.80 bits per heavy atom. The third-order valence-electron chi connectivity index (χ3n) is 4.63. The van der Waals surface area contributed by atoms with Crippen LogP contribution < -0.4 is 4.74 Å². The molecule has 1 unspecified atom stereocenters. The zero-order valence-electron chi connectivity index (χ0n) is 12.2. The Kier molecular flexibility index (Phi) is 3.99. The van der Waals surface area contributed by atoms with E-state index in [2.05, 4.69) is 0 Å². The fraction of sp³-hybridized carbons (Fsp3) is 0.647. The fourth-order valence-corrected chi connectivity index (χ4v) is 3.56. The molecule has 1 spiro atoms. The molecule has 2 aliphatic rings. The average molecular weight is 276 g/mol. The van der Waals surface area contributed by atoms with Crippen LogP contribution in [0.2, 0.25) is 0 Å². The first-order chi connectivity index (χ1) is 9.69. The standard InChI is InChI=1S/C17H24O3/c1-13(18)15-6-2-3-7-16(15)20-14-8-11-19-17(12-14)9-4-5-10-17/h2-3,6-7,13-14,18H,4-5,8-12H2,1H3/t13-,14?/m1/s1. The van der Waals surface area contributed by atoms with Gasteiger partial charge in [0, 0.05) is 18.4 Å². The molecule has 1 aromatic rings. The lowest BCUT2D eigenvalue weighted by Crippen LogP contribution is -2.41. The summed E-state index contributed by atoms with van der Waals surface area (Å²) in [5.41, 5.74) is 0.947. The van der Waals surface area contributed by atoms with Crippen LogP contribution in [0.4, 0.5) is 0 Å². The van der Waals surface area contributed by atoms with Crippen LogP contribution in [0, 0.1) is 0 Å². The number of hydrogen-bond acceptors (Lipinski definition) is 3. The van der Waals surface area contributed by atoms with Crippen molar-refractivity contribution in [2.24, 2.45) is 0 Å². The highest BCUT2D eigenvalue weighted by Crippen LogP contribution is 2.41. The van der Waals surface area contributed by atoms with E-state index < -0.39 is 6.10 Å². The van der Waals surface area contributed by atoms with E-state index in [0.29, 0.717) is 0 Å². The van der Waals surface area contributed by atoms with Crippen molar-refractivity contribution in [3.63, 3.8) is 0 Å². The lowest BCUT2D eigenvalue weighted by atomic mass is 9.90. The van der Waals surface area contributed by atoms with E-state index in [1.165, 1.54) is 25.7 Å². The number of benzene rings is 1. The molecule has 1 heterocycles. The second-order valence-electron chi connectivity index (χ2n) is 6.19. The summed E-state index contributed by atoms with van der Waals surface area (Å²) in [6.45, 7) is 2.58. The van der Waals surface area contributed by atoms with Crippen molar-refractivity contribution in [1.82, 2.24) is 0 Å². The fourth-order valence-electron chi connectivity index (χ4n) is 3.56. The van der Waals surface area contributed by atoms with Gasteiger partial charge in [0.05, 0.1) is 18.3 Å². The van der Waals surface area contributed by atoms with Gasteiger partial charge in [0.2, 0.25) is 0 Å². The number of rotatable bonds is 3. The minimum absolute atomic E-state index is 0.0721. The minimum atomic E-state index is -0.494. The first-order valence-electron chi connectivity index (χ1n) is 7.76. The van der Waals surface area contributed by atoms with Gasteiger partial charge in [-0.2, -0.15) is 0 Å². The van der Waals surface area contributed by atoms with Crippen molar-refractivity contribution in [2.75, 3.05) is 6.61 Å². The molecule has 110 valence electrons. The normalized spacial score (nSPS) is 26.6. The number of hydrogen-bond donors (Lipinski definition) is 1. The molecule has 20 heavy (non-hydrogen) atoms. The molecular weight excluding hydrogens is 252 g/mol. The van der Waals surface area contributed by atoms with Crippen LogP contribution in [0.5, 0.6) is 5.75 Å². The van der Waals surface area contributed by atoms with Gasteiger partial charge in [0.15, 0.2) is 0 Å². The van der Waals surface area contributed by atoms with Crippen LogP contribution in [0.25, 0.3) is 0 Å². The monoisotopic (exact) mass is 276 g/mol. The van der Waals surface area contributed by atoms with E-state index in [1.807, 2.05) is 24.3 Å². The summed E-state index contributed by atoms with van der Waals surface area (Å²) in [7, 11) is 0. The van der Waals surface area contributed by atoms with Crippen molar-refractivity contribution in [3.05, 3.63) is 29.8 Å². The Morgan fingerprint density at radius 1 is 1.30 bits per heavy atom. The molecule has 1 aromatic carbocycles. The van der Waals surface area contributed by atoms with Crippen molar-refractivity contribution >= 4 is 0 Å². The van der Waals surface area contributed by atoms with Crippen LogP contribution >= 0.6 is 0 Å². The second kappa shape index (κ2) is 5.74. The first-order valence-corrected chi connectivity index (χ1v) is 7.76. The summed E-state index contributed by atoms with van der Waals surface area (Å²) >= 11 is 0. The molecule has 1 aliphatic carbocycles. The Hall–Kier alpha value is -1.06. The van der Waals surface area contributed by atoms with Gasteiger partial charge >= 0.3 is 0 Å².